The first kappa shape index (κ1) is 18.9. The van der Waals surface area contributed by atoms with E-state index < -0.39 is 11.7 Å². The van der Waals surface area contributed by atoms with Gasteiger partial charge in [0.1, 0.15) is 17.2 Å². The third kappa shape index (κ3) is 3.17. The number of hydrogen-bond acceptors (Lipinski definition) is 5. The Morgan fingerprint density at radius 3 is 2.90 bits per heavy atom. The van der Waals surface area contributed by atoms with Crippen LogP contribution in [0.4, 0.5) is 15.8 Å². The Balaban J connectivity index is 1.39. The number of benzene rings is 1. The summed E-state index contributed by atoms with van der Waals surface area (Å²) in [5, 5.41) is 6.18. The third-order valence-electron chi connectivity index (χ3n) is 6.07. The molecule has 1 aliphatic carbocycles. The second kappa shape index (κ2) is 7.28. The predicted octanol–water partition coefficient (Wildman–Crippen LogP) is 2.98. The molecule has 3 aromatic rings. The van der Waals surface area contributed by atoms with Crippen LogP contribution in [0.5, 0.6) is 5.75 Å². The van der Waals surface area contributed by atoms with Gasteiger partial charge >= 0.3 is 0 Å². The number of aryl methyl sites for hydroxylation is 1. The molecular formula is C22H24FN5O2. The number of nitrogens with one attached hydrogen (secondary N) is 2. The van der Waals surface area contributed by atoms with Gasteiger partial charge in [0.15, 0.2) is 0 Å². The molecule has 2 aromatic heterocycles. The summed E-state index contributed by atoms with van der Waals surface area (Å²) >= 11 is 0. The van der Waals surface area contributed by atoms with E-state index in [4.69, 9.17) is 4.74 Å². The van der Waals surface area contributed by atoms with E-state index in [9.17, 15) is 9.18 Å². The van der Waals surface area contributed by atoms with E-state index in [2.05, 4.69) is 20.5 Å². The zero-order valence-electron chi connectivity index (χ0n) is 17.0. The highest BCUT2D eigenvalue weighted by Crippen LogP contribution is 2.33. The number of nitrogens with zero attached hydrogens (tertiary/aromatic N) is 3. The van der Waals surface area contributed by atoms with Gasteiger partial charge in [-0.1, -0.05) is 0 Å². The first-order valence-electron chi connectivity index (χ1n) is 10.2. The van der Waals surface area contributed by atoms with Crippen molar-refractivity contribution in [1.82, 2.24) is 14.7 Å². The lowest BCUT2D eigenvalue weighted by Crippen LogP contribution is -2.63. The standard InChI is InChI=1S/C22H24FN5O2/c1-13-11-27-12-15(20(30-2)10-21(27)25-13)22(29)26-17-4-3-14(9-16(17)23)28-8-7-24-18-5-6-19(18)28/h3-4,9-12,18-19,24H,5-8H2,1-2H3,(H,26,29)/t18-,19+/m1/s1. The number of aromatic nitrogens is 2. The van der Waals surface area contributed by atoms with Gasteiger partial charge in [-0.05, 0) is 38.0 Å². The minimum absolute atomic E-state index is 0.146. The molecule has 2 aliphatic rings. The quantitative estimate of drug-likeness (QED) is 0.693. The molecule has 8 heteroatoms. The highest BCUT2D eigenvalue weighted by atomic mass is 19.1. The van der Waals surface area contributed by atoms with Gasteiger partial charge in [-0.3, -0.25) is 4.79 Å². The zero-order valence-corrected chi connectivity index (χ0v) is 17.0. The lowest BCUT2D eigenvalue weighted by Gasteiger charge is -2.50. The van der Waals surface area contributed by atoms with E-state index in [0.29, 0.717) is 29.0 Å². The first-order valence-corrected chi connectivity index (χ1v) is 10.2. The molecule has 1 saturated heterocycles. The van der Waals surface area contributed by atoms with Crippen molar-refractivity contribution in [3.8, 4) is 5.75 Å². The van der Waals surface area contributed by atoms with Crippen molar-refractivity contribution in [2.24, 2.45) is 0 Å². The summed E-state index contributed by atoms with van der Waals surface area (Å²) in [5.41, 5.74) is 2.83. The first-order chi connectivity index (χ1) is 14.5. The van der Waals surface area contributed by atoms with Crippen LogP contribution in [0.2, 0.25) is 0 Å². The van der Waals surface area contributed by atoms with Gasteiger partial charge < -0.3 is 24.7 Å². The number of halogens is 1. The van der Waals surface area contributed by atoms with E-state index in [1.54, 1.807) is 22.7 Å². The molecule has 2 atom stereocenters. The summed E-state index contributed by atoms with van der Waals surface area (Å²) in [7, 11) is 1.50. The van der Waals surface area contributed by atoms with Crippen LogP contribution in [-0.4, -0.2) is 47.6 Å². The summed E-state index contributed by atoms with van der Waals surface area (Å²) in [4.78, 5) is 19.5. The smallest absolute Gasteiger partial charge is 0.261 e. The molecular weight excluding hydrogens is 385 g/mol. The van der Waals surface area contributed by atoms with Crippen LogP contribution in [0.1, 0.15) is 28.9 Å². The molecule has 1 amide bonds. The molecule has 0 unspecified atom stereocenters. The number of imidazole rings is 1. The van der Waals surface area contributed by atoms with Crippen LogP contribution < -0.4 is 20.3 Å². The monoisotopic (exact) mass is 409 g/mol. The number of carbonyl (C=O) groups excluding carboxylic acids is 1. The van der Waals surface area contributed by atoms with Gasteiger partial charge in [-0.15, -0.1) is 0 Å². The lowest BCUT2D eigenvalue weighted by molar-refractivity contribution is 0.102. The highest BCUT2D eigenvalue weighted by molar-refractivity contribution is 6.06. The molecule has 1 saturated carbocycles. The van der Waals surface area contributed by atoms with E-state index in [-0.39, 0.29) is 5.69 Å². The second-order valence-electron chi connectivity index (χ2n) is 7.92. The van der Waals surface area contributed by atoms with Crippen LogP contribution in [0.3, 0.4) is 0 Å². The van der Waals surface area contributed by atoms with Crippen molar-refractivity contribution in [1.29, 1.82) is 0 Å². The molecule has 1 aromatic carbocycles. The fourth-order valence-electron chi connectivity index (χ4n) is 4.41. The van der Waals surface area contributed by atoms with Crippen molar-refractivity contribution in [3.05, 3.63) is 53.7 Å². The van der Waals surface area contributed by atoms with Crippen LogP contribution in [0.25, 0.3) is 5.65 Å². The maximum Gasteiger partial charge on any atom is 0.261 e. The zero-order chi connectivity index (χ0) is 20.8. The lowest BCUT2D eigenvalue weighted by atomic mass is 9.83. The van der Waals surface area contributed by atoms with E-state index in [0.717, 1.165) is 30.9 Å². The topological polar surface area (TPSA) is 70.9 Å². The number of amides is 1. The Hall–Kier alpha value is -3.13. The van der Waals surface area contributed by atoms with Crippen molar-refractivity contribution in [2.45, 2.75) is 31.8 Å². The van der Waals surface area contributed by atoms with Gasteiger partial charge in [0.05, 0.1) is 24.1 Å². The van der Waals surface area contributed by atoms with Gasteiger partial charge in [-0.25, -0.2) is 9.37 Å². The van der Waals surface area contributed by atoms with Gasteiger partial charge in [0.25, 0.3) is 5.91 Å². The number of ether oxygens (including phenoxy) is 1. The number of carbonyl (C=O) groups is 1. The Bertz CT molecular complexity index is 1130. The average Bonchev–Trinajstić information content (AvgIpc) is 3.08. The number of rotatable bonds is 4. The predicted molar refractivity (Wildman–Crippen MR) is 113 cm³/mol. The van der Waals surface area contributed by atoms with Gasteiger partial charge in [0.2, 0.25) is 0 Å². The molecule has 0 bridgehead atoms. The fourth-order valence-corrected chi connectivity index (χ4v) is 4.41. The molecule has 1 aliphatic heterocycles. The summed E-state index contributed by atoms with van der Waals surface area (Å²) in [6.45, 7) is 3.63. The average molecular weight is 409 g/mol. The maximum atomic E-state index is 14.9. The number of hydrogen-bond donors (Lipinski definition) is 2. The third-order valence-corrected chi connectivity index (χ3v) is 6.07. The second-order valence-corrected chi connectivity index (χ2v) is 7.92. The summed E-state index contributed by atoms with van der Waals surface area (Å²) in [6, 6.07) is 7.63. The van der Waals surface area contributed by atoms with Crippen LogP contribution in [0.15, 0.2) is 36.7 Å². The molecule has 0 radical (unpaired) electrons. The fraction of sp³-hybridized carbons (Fsp3) is 0.364. The molecule has 5 rings (SSSR count). The Morgan fingerprint density at radius 2 is 2.17 bits per heavy atom. The van der Waals surface area contributed by atoms with Crippen LogP contribution in [0, 0.1) is 12.7 Å². The molecule has 7 nitrogen and oxygen atoms in total. The summed E-state index contributed by atoms with van der Waals surface area (Å²) < 4.78 is 22.0. The Kier molecular flexibility index (Phi) is 4.58. The van der Waals surface area contributed by atoms with Crippen LogP contribution in [-0.2, 0) is 0 Å². The van der Waals surface area contributed by atoms with Crippen molar-refractivity contribution in [2.75, 3.05) is 30.4 Å². The number of piperazine rings is 1. The minimum atomic E-state index is -0.450. The number of methoxy groups -OCH3 is 1. The number of pyridine rings is 1. The summed E-state index contributed by atoms with van der Waals surface area (Å²) in [5.74, 6) is -0.499. The molecule has 3 heterocycles. The Morgan fingerprint density at radius 1 is 1.30 bits per heavy atom. The molecule has 156 valence electrons. The van der Waals surface area contributed by atoms with Crippen molar-refractivity contribution < 1.29 is 13.9 Å². The maximum absolute atomic E-state index is 14.9. The van der Waals surface area contributed by atoms with Gasteiger partial charge in [-0.2, -0.15) is 0 Å². The summed E-state index contributed by atoms with van der Waals surface area (Å²) in [6.07, 6.45) is 5.75. The number of fused-ring (bicyclic) bond motifs is 2. The number of anilines is 2. The highest BCUT2D eigenvalue weighted by Gasteiger charge is 2.38. The largest absolute Gasteiger partial charge is 0.496 e. The van der Waals surface area contributed by atoms with E-state index >= 15 is 0 Å². The van der Waals surface area contributed by atoms with E-state index in [1.807, 2.05) is 19.2 Å². The van der Waals surface area contributed by atoms with Gasteiger partial charge in [0, 0.05) is 49.3 Å². The van der Waals surface area contributed by atoms with Crippen molar-refractivity contribution in [3.63, 3.8) is 0 Å². The van der Waals surface area contributed by atoms with Crippen molar-refractivity contribution >= 4 is 22.9 Å². The van der Waals surface area contributed by atoms with E-state index in [1.165, 1.54) is 19.6 Å². The molecule has 2 fully saturated rings. The normalized spacial score (nSPS) is 20.6. The molecule has 2 N–H and O–H groups in total. The Labute approximate surface area is 173 Å². The van der Waals surface area contributed by atoms with Crippen LogP contribution >= 0.6 is 0 Å². The molecule has 30 heavy (non-hydrogen) atoms. The molecule has 0 spiro atoms. The SMILES string of the molecule is COc1cc2nc(C)cn2cc1C(=O)Nc1ccc(N2CCN[C@@H]3CC[C@@H]32)cc1F. The minimum Gasteiger partial charge on any atom is -0.496 e.